The number of anilines is 1. The van der Waals surface area contributed by atoms with E-state index in [4.69, 9.17) is 0 Å². The van der Waals surface area contributed by atoms with Crippen molar-refractivity contribution in [1.82, 2.24) is 0 Å². The van der Waals surface area contributed by atoms with E-state index in [0.29, 0.717) is 12.0 Å². The van der Waals surface area contributed by atoms with Gasteiger partial charge >= 0.3 is 5.97 Å². The Hall–Kier alpha value is -2.82. The van der Waals surface area contributed by atoms with Crippen LogP contribution in [0.2, 0.25) is 0 Å². The third-order valence-corrected chi connectivity index (χ3v) is 4.09. The number of hydrogen-bond donors (Lipinski definition) is 2. The lowest BCUT2D eigenvalue weighted by atomic mass is 10.1. The third-order valence-electron chi connectivity index (χ3n) is 4.09. The zero-order valence-corrected chi connectivity index (χ0v) is 14.6. The van der Waals surface area contributed by atoms with Crippen molar-refractivity contribution in [3.05, 3.63) is 59.7 Å². The van der Waals surface area contributed by atoms with E-state index in [1.54, 1.807) is 12.1 Å². The Kier molecular flexibility index (Phi) is 6.57. The molecule has 0 unspecified atom stereocenters. The molecular weight excluding hydrogens is 316 g/mol. The molecule has 2 rings (SSSR count). The molecule has 0 aliphatic rings. The van der Waals surface area contributed by atoms with Gasteiger partial charge in [-0.1, -0.05) is 30.3 Å². The molecule has 2 aromatic rings. The molecule has 0 radical (unpaired) electrons. The fraction of sp³-hybridized carbons (Fsp3) is 0.300. The summed E-state index contributed by atoms with van der Waals surface area (Å²) in [6.45, 7) is 5.80. The number of carboxylic acids is 1. The number of aliphatic carboxylic acids is 1. The zero-order valence-electron chi connectivity index (χ0n) is 14.6. The number of rotatable bonds is 8. The van der Waals surface area contributed by atoms with Gasteiger partial charge in [0.1, 0.15) is 5.75 Å². The summed E-state index contributed by atoms with van der Waals surface area (Å²) in [6, 6.07) is 13.8. The van der Waals surface area contributed by atoms with Crippen LogP contribution in [0.3, 0.4) is 0 Å². The molecule has 5 heteroatoms. The third kappa shape index (κ3) is 5.08. The fourth-order valence-corrected chi connectivity index (χ4v) is 2.64. The smallest absolute Gasteiger partial charge is 0.328 e. The normalized spacial score (nSPS) is 12.2. The zero-order chi connectivity index (χ0) is 18.2. The number of phenolic OH excluding ortho intramolecular Hbond substituents is 1. The summed E-state index contributed by atoms with van der Waals surface area (Å²) in [5.74, 6) is -0.892. The average Bonchev–Trinajstić information content (AvgIpc) is 2.61. The molecule has 5 nitrogen and oxygen atoms in total. The number of aromatic hydroxyl groups is 1. The average molecular weight is 340 g/mol. The SMILES string of the molecule is CCN(CC)c1ccc(C=N[C@@H](Cc2ccccc2)C(=O)O)c(O)c1. The standard InChI is InChI=1S/C20H24N2O3/c1-3-22(4-2)17-11-10-16(19(23)13-17)14-21-18(20(24)25)12-15-8-6-5-7-9-15/h5-11,13-14,18,23H,3-4,12H2,1-2H3,(H,24,25)/t18-/m0/s1. The van der Waals surface area contributed by atoms with E-state index in [9.17, 15) is 15.0 Å². The minimum Gasteiger partial charge on any atom is -0.507 e. The van der Waals surface area contributed by atoms with Crippen molar-refractivity contribution in [1.29, 1.82) is 0 Å². The Balaban J connectivity index is 2.16. The van der Waals surface area contributed by atoms with Gasteiger partial charge in [0.05, 0.1) is 0 Å². The van der Waals surface area contributed by atoms with Gasteiger partial charge < -0.3 is 15.1 Å². The molecule has 0 aromatic heterocycles. The fourth-order valence-electron chi connectivity index (χ4n) is 2.64. The molecule has 0 aliphatic carbocycles. The first kappa shape index (κ1) is 18.5. The molecule has 2 N–H and O–H groups in total. The molecular formula is C20H24N2O3. The minimum atomic E-state index is -0.987. The first-order chi connectivity index (χ1) is 12.0. The number of aliphatic imine (C=N–C) groups is 1. The second-order valence-electron chi connectivity index (χ2n) is 5.74. The maximum absolute atomic E-state index is 11.4. The van der Waals surface area contributed by atoms with Crippen molar-refractivity contribution in [2.75, 3.05) is 18.0 Å². The number of hydrogen-bond acceptors (Lipinski definition) is 4. The quantitative estimate of drug-likeness (QED) is 0.723. The minimum absolute atomic E-state index is 0.0944. The van der Waals surface area contributed by atoms with E-state index >= 15 is 0 Å². The number of phenols is 1. The van der Waals surface area contributed by atoms with Crippen LogP contribution in [0.1, 0.15) is 25.0 Å². The van der Waals surface area contributed by atoms with E-state index in [1.165, 1.54) is 6.21 Å². The topological polar surface area (TPSA) is 73.1 Å². The largest absolute Gasteiger partial charge is 0.507 e. The summed E-state index contributed by atoms with van der Waals surface area (Å²) in [5, 5.41) is 19.6. The summed E-state index contributed by atoms with van der Waals surface area (Å²) in [4.78, 5) is 17.7. The second kappa shape index (κ2) is 8.87. The van der Waals surface area contributed by atoms with Crippen LogP contribution >= 0.6 is 0 Å². The molecule has 0 saturated heterocycles. The molecule has 0 fully saturated rings. The van der Waals surface area contributed by atoms with Crippen LogP contribution in [0.25, 0.3) is 0 Å². The summed E-state index contributed by atoms with van der Waals surface area (Å²) in [5.41, 5.74) is 2.35. The Labute approximate surface area is 148 Å². The van der Waals surface area contributed by atoms with Crippen molar-refractivity contribution >= 4 is 17.9 Å². The summed E-state index contributed by atoms with van der Waals surface area (Å²) in [7, 11) is 0. The van der Waals surface area contributed by atoms with Gasteiger partial charge in [0, 0.05) is 43.0 Å². The highest BCUT2D eigenvalue weighted by Gasteiger charge is 2.16. The second-order valence-corrected chi connectivity index (χ2v) is 5.74. The van der Waals surface area contributed by atoms with Gasteiger partial charge in [-0.25, -0.2) is 4.79 Å². The van der Waals surface area contributed by atoms with Crippen molar-refractivity contribution in [3.63, 3.8) is 0 Å². The highest BCUT2D eigenvalue weighted by atomic mass is 16.4. The molecule has 2 aromatic carbocycles. The summed E-state index contributed by atoms with van der Waals surface area (Å²) < 4.78 is 0. The molecule has 1 atom stereocenters. The van der Waals surface area contributed by atoms with Gasteiger partial charge in [0.15, 0.2) is 6.04 Å². The number of benzene rings is 2. The van der Waals surface area contributed by atoms with E-state index in [2.05, 4.69) is 23.7 Å². The van der Waals surface area contributed by atoms with Crippen LogP contribution in [0, 0.1) is 0 Å². The van der Waals surface area contributed by atoms with Crippen LogP contribution in [-0.4, -0.2) is 41.5 Å². The lowest BCUT2D eigenvalue weighted by molar-refractivity contribution is -0.138. The van der Waals surface area contributed by atoms with Gasteiger partial charge in [0.2, 0.25) is 0 Å². The molecule has 0 saturated carbocycles. The van der Waals surface area contributed by atoms with Crippen molar-refractivity contribution in [3.8, 4) is 5.75 Å². The number of carbonyl (C=O) groups is 1. The summed E-state index contributed by atoms with van der Waals surface area (Å²) >= 11 is 0. The van der Waals surface area contributed by atoms with Crippen molar-refractivity contribution in [2.24, 2.45) is 4.99 Å². The molecule has 0 bridgehead atoms. The predicted octanol–water partition coefficient (Wildman–Crippen LogP) is 3.35. The predicted molar refractivity (Wildman–Crippen MR) is 101 cm³/mol. The lowest BCUT2D eigenvalue weighted by Gasteiger charge is -2.21. The van der Waals surface area contributed by atoms with Gasteiger partial charge in [-0.3, -0.25) is 4.99 Å². The van der Waals surface area contributed by atoms with Crippen LogP contribution in [0.15, 0.2) is 53.5 Å². The molecule has 132 valence electrons. The van der Waals surface area contributed by atoms with E-state index in [0.717, 1.165) is 24.3 Å². The van der Waals surface area contributed by atoms with E-state index in [-0.39, 0.29) is 5.75 Å². The van der Waals surface area contributed by atoms with Gasteiger partial charge in [0.25, 0.3) is 0 Å². The Morgan fingerprint density at radius 3 is 2.40 bits per heavy atom. The van der Waals surface area contributed by atoms with Gasteiger partial charge in [-0.2, -0.15) is 0 Å². The molecule has 0 spiro atoms. The molecule has 25 heavy (non-hydrogen) atoms. The van der Waals surface area contributed by atoms with E-state index in [1.807, 2.05) is 36.4 Å². The first-order valence-corrected chi connectivity index (χ1v) is 8.43. The lowest BCUT2D eigenvalue weighted by Crippen LogP contribution is -2.21. The Morgan fingerprint density at radius 1 is 1.16 bits per heavy atom. The maximum Gasteiger partial charge on any atom is 0.328 e. The molecule has 0 aliphatic heterocycles. The summed E-state index contributed by atoms with van der Waals surface area (Å²) in [6.07, 6.45) is 1.74. The first-order valence-electron chi connectivity index (χ1n) is 8.43. The highest BCUT2D eigenvalue weighted by Crippen LogP contribution is 2.23. The maximum atomic E-state index is 11.4. The Bertz CT molecular complexity index is 725. The van der Waals surface area contributed by atoms with Crippen LogP contribution in [0.5, 0.6) is 5.75 Å². The van der Waals surface area contributed by atoms with E-state index < -0.39 is 12.0 Å². The highest BCUT2D eigenvalue weighted by molar-refractivity contribution is 5.87. The number of nitrogens with zero attached hydrogens (tertiary/aromatic N) is 2. The van der Waals surface area contributed by atoms with Crippen LogP contribution in [0.4, 0.5) is 5.69 Å². The van der Waals surface area contributed by atoms with Crippen LogP contribution in [-0.2, 0) is 11.2 Å². The number of carboxylic acid groups (broad SMARTS) is 1. The Morgan fingerprint density at radius 2 is 1.84 bits per heavy atom. The molecule has 0 amide bonds. The monoisotopic (exact) mass is 340 g/mol. The molecule has 0 heterocycles. The van der Waals surface area contributed by atoms with Crippen molar-refractivity contribution < 1.29 is 15.0 Å². The van der Waals surface area contributed by atoms with Crippen LogP contribution < -0.4 is 4.90 Å². The van der Waals surface area contributed by atoms with Gasteiger partial charge in [-0.15, -0.1) is 0 Å². The van der Waals surface area contributed by atoms with Gasteiger partial charge in [-0.05, 0) is 31.5 Å². The van der Waals surface area contributed by atoms with Crippen molar-refractivity contribution in [2.45, 2.75) is 26.3 Å².